The van der Waals surface area contributed by atoms with Crippen molar-refractivity contribution in [3.63, 3.8) is 0 Å². The Labute approximate surface area is 177 Å². The summed E-state index contributed by atoms with van der Waals surface area (Å²) in [6.07, 6.45) is 2.24. The highest BCUT2D eigenvalue weighted by atomic mass is 19.2. The number of benzene rings is 1. The normalized spacial score (nSPS) is 21.5. The average molecular weight is 426 g/mol. The molecule has 0 amide bonds. The van der Waals surface area contributed by atoms with Crippen LogP contribution in [-0.4, -0.2) is 23.8 Å². The Bertz CT molecular complexity index is 1270. The number of nitrogens with zero attached hydrogens (tertiary/aromatic N) is 2. The van der Waals surface area contributed by atoms with E-state index in [-0.39, 0.29) is 28.6 Å². The van der Waals surface area contributed by atoms with E-state index in [1.807, 2.05) is 0 Å². The molecule has 4 rings (SSSR count). The summed E-state index contributed by atoms with van der Waals surface area (Å²) in [5.74, 6) is -4.06. The molecule has 0 bridgehead atoms. The van der Waals surface area contributed by atoms with Gasteiger partial charge < -0.3 is 14.0 Å². The molecule has 2 aliphatic rings. The van der Waals surface area contributed by atoms with Gasteiger partial charge in [0.2, 0.25) is 0 Å². The van der Waals surface area contributed by atoms with Crippen molar-refractivity contribution in [2.24, 2.45) is 4.99 Å². The summed E-state index contributed by atoms with van der Waals surface area (Å²) in [4.78, 5) is 33.5. The first-order valence-corrected chi connectivity index (χ1v) is 9.98. The summed E-state index contributed by atoms with van der Waals surface area (Å²) in [6, 6.07) is 0.999. The van der Waals surface area contributed by atoms with Crippen molar-refractivity contribution < 1.29 is 22.7 Å². The topological polar surface area (TPSA) is 73.2 Å². The highest BCUT2D eigenvalue weighted by Crippen LogP contribution is 2.41. The zero-order valence-corrected chi connectivity index (χ0v) is 17.3. The molecular formula is C23H20F2N2O4. The first-order valence-electron chi connectivity index (χ1n) is 9.98. The molecule has 0 saturated heterocycles. The van der Waals surface area contributed by atoms with Crippen molar-refractivity contribution in [1.29, 1.82) is 0 Å². The molecular weight excluding hydrogens is 406 g/mol. The van der Waals surface area contributed by atoms with Crippen LogP contribution in [0.5, 0.6) is 0 Å². The molecule has 1 aliphatic heterocycles. The quantitative estimate of drug-likeness (QED) is 0.531. The molecule has 160 valence electrons. The van der Waals surface area contributed by atoms with Crippen LogP contribution in [-0.2, 0) is 9.53 Å². The van der Waals surface area contributed by atoms with Crippen molar-refractivity contribution in [3.05, 3.63) is 68.0 Å². The SMILES string of the molecule is [C-]#[N+]C1C(C)=NC(C)=C(C(=O)OC2CCC2)C1c1cc(F)c(F)c2c(=O)cc(C)oc12. The number of carbonyl (C=O) groups is 1. The fourth-order valence-electron chi connectivity index (χ4n) is 4.12. The lowest BCUT2D eigenvalue weighted by Gasteiger charge is -2.30. The molecule has 2 unspecified atom stereocenters. The van der Waals surface area contributed by atoms with Gasteiger partial charge in [0.15, 0.2) is 17.1 Å². The number of hydrogen-bond donors (Lipinski definition) is 0. The lowest BCUT2D eigenvalue weighted by Crippen LogP contribution is -2.35. The molecule has 1 aromatic heterocycles. The van der Waals surface area contributed by atoms with Crippen molar-refractivity contribution in [2.45, 2.75) is 58.1 Å². The number of aliphatic imine (C=N–C) groups is 1. The summed E-state index contributed by atoms with van der Waals surface area (Å²) in [7, 11) is 0. The van der Waals surface area contributed by atoms with Crippen LogP contribution in [0.3, 0.4) is 0 Å². The van der Waals surface area contributed by atoms with E-state index in [1.165, 1.54) is 6.92 Å². The van der Waals surface area contributed by atoms with Gasteiger partial charge in [0, 0.05) is 17.3 Å². The lowest BCUT2D eigenvalue weighted by atomic mass is 9.79. The van der Waals surface area contributed by atoms with Gasteiger partial charge in [-0.25, -0.2) is 20.1 Å². The summed E-state index contributed by atoms with van der Waals surface area (Å²) in [5, 5.41) is -0.547. The smallest absolute Gasteiger partial charge is 0.337 e. The van der Waals surface area contributed by atoms with Gasteiger partial charge in [-0.2, -0.15) is 0 Å². The Hall–Kier alpha value is -3.34. The van der Waals surface area contributed by atoms with Crippen LogP contribution < -0.4 is 5.43 Å². The Kier molecular flexibility index (Phi) is 5.21. The summed E-state index contributed by atoms with van der Waals surface area (Å²) in [5.41, 5.74) is -0.0270. The average Bonchev–Trinajstić information content (AvgIpc) is 2.66. The number of carbonyl (C=O) groups excluding carboxylic acids is 1. The van der Waals surface area contributed by atoms with Crippen molar-refractivity contribution >= 4 is 22.7 Å². The number of ether oxygens (including phenoxy) is 1. The van der Waals surface area contributed by atoms with E-state index in [0.717, 1.165) is 31.4 Å². The van der Waals surface area contributed by atoms with Gasteiger partial charge in [0.05, 0.1) is 11.3 Å². The highest BCUT2D eigenvalue weighted by molar-refractivity contribution is 6.01. The van der Waals surface area contributed by atoms with Crippen molar-refractivity contribution in [1.82, 2.24) is 0 Å². The minimum Gasteiger partial charge on any atom is -0.461 e. The van der Waals surface area contributed by atoms with E-state index < -0.39 is 40.4 Å². The van der Waals surface area contributed by atoms with Crippen LogP contribution in [0.15, 0.2) is 37.6 Å². The number of hydrogen-bond acceptors (Lipinski definition) is 5. The zero-order chi connectivity index (χ0) is 22.4. The fraction of sp³-hybridized carbons (Fsp3) is 0.391. The third kappa shape index (κ3) is 3.44. The lowest BCUT2D eigenvalue weighted by molar-refractivity contribution is -0.148. The molecule has 8 heteroatoms. The maximum Gasteiger partial charge on any atom is 0.337 e. The molecule has 1 aromatic carbocycles. The van der Waals surface area contributed by atoms with Gasteiger partial charge in [-0.15, -0.1) is 0 Å². The Balaban J connectivity index is 1.99. The molecule has 1 aliphatic carbocycles. The second kappa shape index (κ2) is 7.73. The van der Waals surface area contributed by atoms with Gasteiger partial charge in [-0.3, -0.25) is 9.79 Å². The van der Waals surface area contributed by atoms with Crippen LogP contribution in [0.4, 0.5) is 8.78 Å². The number of fused-ring (bicyclic) bond motifs is 1. The first kappa shape index (κ1) is 20.9. The second-order valence-electron chi connectivity index (χ2n) is 7.95. The zero-order valence-electron chi connectivity index (χ0n) is 17.3. The third-order valence-corrected chi connectivity index (χ3v) is 5.85. The van der Waals surface area contributed by atoms with E-state index in [2.05, 4.69) is 9.84 Å². The molecule has 2 atom stereocenters. The summed E-state index contributed by atoms with van der Waals surface area (Å²) < 4.78 is 40.3. The number of allylic oxidation sites excluding steroid dienone is 1. The number of rotatable bonds is 3. The maximum atomic E-state index is 14.6. The predicted octanol–water partition coefficient (Wildman–Crippen LogP) is 4.60. The van der Waals surface area contributed by atoms with E-state index in [0.29, 0.717) is 11.4 Å². The van der Waals surface area contributed by atoms with Crippen LogP contribution in [0, 0.1) is 25.1 Å². The number of halogens is 2. The first-order chi connectivity index (χ1) is 14.7. The van der Waals surface area contributed by atoms with E-state index in [9.17, 15) is 18.4 Å². The summed E-state index contributed by atoms with van der Waals surface area (Å²) in [6.45, 7) is 12.4. The molecule has 0 spiro atoms. The van der Waals surface area contributed by atoms with Gasteiger partial charge in [0.25, 0.3) is 6.04 Å². The van der Waals surface area contributed by atoms with Crippen molar-refractivity contribution in [3.8, 4) is 0 Å². The maximum absolute atomic E-state index is 14.6. The number of aryl methyl sites for hydroxylation is 1. The molecule has 2 heterocycles. The molecule has 0 radical (unpaired) electrons. The van der Waals surface area contributed by atoms with E-state index in [4.69, 9.17) is 15.7 Å². The fourth-order valence-corrected chi connectivity index (χ4v) is 4.12. The summed E-state index contributed by atoms with van der Waals surface area (Å²) >= 11 is 0. The van der Waals surface area contributed by atoms with E-state index >= 15 is 0 Å². The molecule has 6 nitrogen and oxygen atoms in total. The van der Waals surface area contributed by atoms with Crippen LogP contribution in [0.2, 0.25) is 0 Å². The van der Waals surface area contributed by atoms with Gasteiger partial charge >= 0.3 is 5.97 Å². The second-order valence-corrected chi connectivity index (χ2v) is 7.95. The third-order valence-electron chi connectivity index (χ3n) is 5.85. The molecule has 0 N–H and O–H groups in total. The van der Waals surface area contributed by atoms with Gasteiger partial charge in [-0.05, 0) is 46.1 Å². The van der Waals surface area contributed by atoms with Crippen LogP contribution >= 0.6 is 0 Å². The Morgan fingerprint density at radius 3 is 2.58 bits per heavy atom. The van der Waals surface area contributed by atoms with Crippen LogP contribution in [0.25, 0.3) is 15.8 Å². The predicted molar refractivity (Wildman–Crippen MR) is 110 cm³/mol. The standard InChI is InChI=1S/C23H20F2N2O4/c1-10-8-16(28)19-20(25)15(24)9-14(22(19)30-10)18-17(23(29)31-13-6-5-7-13)11(2)27-12(3)21(18)26-4/h8-9,13,18,21H,5-7H2,1-3H3. The Morgan fingerprint density at radius 1 is 1.26 bits per heavy atom. The largest absolute Gasteiger partial charge is 0.461 e. The molecule has 1 saturated carbocycles. The Morgan fingerprint density at radius 2 is 1.97 bits per heavy atom. The van der Waals surface area contributed by atoms with Gasteiger partial charge in [0.1, 0.15) is 28.8 Å². The minimum atomic E-state index is -1.33. The number of esters is 1. The monoisotopic (exact) mass is 426 g/mol. The van der Waals surface area contributed by atoms with Crippen LogP contribution in [0.1, 0.15) is 50.4 Å². The van der Waals surface area contributed by atoms with Gasteiger partial charge in [-0.1, -0.05) is 0 Å². The minimum absolute atomic E-state index is 0.0462. The van der Waals surface area contributed by atoms with E-state index in [1.54, 1.807) is 13.8 Å². The van der Waals surface area contributed by atoms with Crippen molar-refractivity contribution in [2.75, 3.05) is 0 Å². The molecule has 31 heavy (non-hydrogen) atoms. The molecule has 1 fully saturated rings. The highest BCUT2D eigenvalue weighted by Gasteiger charge is 2.44. The molecule has 2 aromatic rings.